The number of hydrazine groups is 1. The first-order valence-corrected chi connectivity index (χ1v) is 4.75. The molecule has 12 heavy (non-hydrogen) atoms. The lowest BCUT2D eigenvalue weighted by Crippen LogP contribution is -2.55. The Kier molecular flexibility index (Phi) is 2.94. The smallest absolute Gasteiger partial charge is 0.0608 e. The Bertz CT molecular complexity index is 114. The maximum atomic E-state index is 5.31. The molecule has 0 aromatic rings. The molecule has 2 aliphatic rings. The van der Waals surface area contributed by atoms with Gasteiger partial charge in [0.2, 0.25) is 0 Å². The first kappa shape index (κ1) is 8.44. The zero-order valence-electron chi connectivity index (χ0n) is 7.46. The lowest BCUT2D eigenvalue weighted by Gasteiger charge is -2.39. The van der Waals surface area contributed by atoms with E-state index in [1.807, 2.05) is 0 Å². The fraction of sp³-hybridized carbons (Fsp3) is 1.00. The predicted molar refractivity (Wildman–Crippen MR) is 46.8 cm³/mol. The van der Waals surface area contributed by atoms with Crippen LogP contribution in [0.15, 0.2) is 0 Å². The molecule has 4 nitrogen and oxygen atoms in total. The zero-order valence-corrected chi connectivity index (χ0v) is 7.46. The van der Waals surface area contributed by atoms with Crippen molar-refractivity contribution < 1.29 is 4.74 Å². The first-order chi connectivity index (χ1) is 5.97. The molecule has 2 saturated heterocycles. The van der Waals surface area contributed by atoms with Gasteiger partial charge in [0.25, 0.3) is 0 Å². The molecule has 0 aromatic heterocycles. The zero-order chi connectivity index (χ0) is 8.23. The standard InChI is InChI=1S/C8H17N3O/c1-3-10(4-2-9-1)11-5-7-12-8-6-11/h9H,1-8H2. The molecule has 70 valence electrons. The van der Waals surface area contributed by atoms with Gasteiger partial charge in [0.05, 0.1) is 13.2 Å². The quantitative estimate of drug-likeness (QED) is 0.555. The summed E-state index contributed by atoms with van der Waals surface area (Å²) >= 11 is 0. The molecule has 2 rings (SSSR count). The van der Waals surface area contributed by atoms with Gasteiger partial charge in [0.1, 0.15) is 0 Å². The second-order valence-electron chi connectivity index (χ2n) is 3.27. The van der Waals surface area contributed by atoms with Crippen molar-refractivity contribution in [3.63, 3.8) is 0 Å². The molecular weight excluding hydrogens is 154 g/mol. The minimum atomic E-state index is 0.893. The maximum absolute atomic E-state index is 5.31. The highest BCUT2D eigenvalue weighted by molar-refractivity contribution is 4.68. The third-order valence-corrected chi connectivity index (χ3v) is 2.48. The van der Waals surface area contributed by atoms with Crippen LogP contribution in [0.5, 0.6) is 0 Å². The fourth-order valence-corrected chi connectivity index (χ4v) is 1.77. The van der Waals surface area contributed by atoms with E-state index in [0.29, 0.717) is 0 Å². The summed E-state index contributed by atoms with van der Waals surface area (Å²) in [5.74, 6) is 0. The summed E-state index contributed by atoms with van der Waals surface area (Å²) in [6, 6.07) is 0. The molecule has 0 unspecified atom stereocenters. The van der Waals surface area contributed by atoms with E-state index in [4.69, 9.17) is 4.74 Å². The number of ether oxygens (including phenoxy) is 1. The molecule has 0 aliphatic carbocycles. The van der Waals surface area contributed by atoms with Crippen LogP contribution in [0.25, 0.3) is 0 Å². The van der Waals surface area contributed by atoms with Crippen LogP contribution in [-0.2, 0) is 4.74 Å². The summed E-state index contributed by atoms with van der Waals surface area (Å²) in [7, 11) is 0. The van der Waals surface area contributed by atoms with E-state index in [1.165, 1.54) is 0 Å². The Morgan fingerprint density at radius 1 is 0.833 bits per heavy atom. The third kappa shape index (κ3) is 1.95. The monoisotopic (exact) mass is 171 g/mol. The normalized spacial score (nSPS) is 29.0. The molecule has 0 radical (unpaired) electrons. The van der Waals surface area contributed by atoms with Crippen LogP contribution in [0.3, 0.4) is 0 Å². The maximum Gasteiger partial charge on any atom is 0.0608 e. The number of piperazine rings is 1. The summed E-state index contributed by atoms with van der Waals surface area (Å²) in [5, 5.41) is 8.22. The Hall–Kier alpha value is -0.160. The number of hydrogen-bond donors (Lipinski definition) is 1. The van der Waals surface area contributed by atoms with E-state index in [1.54, 1.807) is 0 Å². The van der Waals surface area contributed by atoms with Crippen molar-refractivity contribution in [1.29, 1.82) is 0 Å². The van der Waals surface area contributed by atoms with Crippen LogP contribution in [-0.4, -0.2) is 62.5 Å². The average Bonchev–Trinajstić information content (AvgIpc) is 2.21. The van der Waals surface area contributed by atoms with Crippen LogP contribution in [0.1, 0.15) is 0 Å². The summed E-state index contributed by atoms with van der Waals surface area (Å²) in [4.78, 5) is 0. The molecule has 2 fully saturated rings. The van der Waals surface area contributed by atoms with Crippen molar-refractivity contribution in [3.05, 3.63) is 0 Å². The SMILES string of the molecule is C1CN(N2CCOCC2)CCN1. The molecule has 0 saturated carbocycles. The van der Waals surface area contributed by atoms with Crippen LogP contribution >= 0.6 is 0 Å². The van der Waals surface area contributed by atoms with Crippen molar-refractivity contribution in [1.82, 2.24) is 15.3 Å². The summed E-state index contributed by atoms with van der Waals surface area (Å²) in [6.45, 7) is 8.47. The Morgan fingerprint density at radius 3 is 2.08 bits per heavy atom. The lowest BCUT2D eigenvalue weighted by molar-refractivity contribution is -0.0945. The fourth-order valence-electron chi connectivity index (χ4n) is 1.77. The topological polar surface area (TPSA) is 27.7 Å². The van der Waals surface area contributed by atoms with Gasteiger partial charge in [-0.2, -0.15) is 0 Å². The highest BCUT2D eigenvalue weighted by Crippen LogP contribution is 2.03. The van der Waals surface area contributed by atoms with E-state index in [9.17, 15) is 0 Å². The number of nitrogens with zero attached hydrogens (tertiary/aromatic N) is 2. The van der Waals surface area contributed by atoms with Gasteiger partial charge in [-0.05, 0) is 0 Å². The van der Waals surface area contributed by atoms with E-state index >= 15 is 0 Å². The van der Waals surface area contributed by atoms with E-state index in [0.717, 1.165) is 52.5 Å². The molecule has 4 heteroatoms. The Morgan fingerprint density at radius 2 is 1.42 bits per heavy atom. The number of nitrogens with one attached hydrogen (secondary N) is 1. The molecule has 0 spiro atoms. The molecule has 0 bridgehead atoms. The first-order valence-electron chi connectivity index (χ1n) is 4.75. The molecule has 0 amide bonds. The van der Waals surface area contributed by atoms with Gasteiger partial charge >= 0.3 is 0 Å². The van der Waals surface area contributed by atoms with Crippen molar-refractivity contribution in [2.45, 2.75) is 0 Å². The molecule has 2 heterocycles. The highest BCUT2D eigenvalue weighted by Gasteiger charge is 2.19. The molecular formula is C8H17N3O. The number of hydrogen-bond acceptors (Lipinski definition) is 4. The van der Waals surface area contributed by atoms with Gasteiger partial charge < -0.3 is 10.1 Å². The highest BCUT2D eigenvalue weighted by atomic mass is 16.5. The van der Waals surface area contributed by atoms with Crippen molar-refractivity contribution in [2.24, 2.45) is 0 Å². The summed E-state index contributed by atoms with van der Waals surface area (Å²) in [6.07, 6.45) is 0. The van der Waals surface area contributed by atoms with Gasteiger partial charge in [-0.25, -0.2) is 10.0 Å². The van der Waals surface area contributed by atoms with Crippen molar-refractivity contribution in [2.75, 3.05) is 52.5 Å². The summed E-state index contributed by atoms with van der Waals surface area (Å²) in [5.41, 5.74) is 0. The average molecular weight is 171 g/mol. The van der Waals surface area contributed by atoms with Gasteiger partial charge in [-0.1, -0.05) is 0 Å². The molecule has 1 N–H and O–H groups in total. The van der Waals surface area contributed by atoms with E-state index in [-0.39, 0.29) is 0 Å². The largest absolute Gasteiger partial charge is 0.379 e. The number of rotatable bonds is 1. The van der Waals surface area contributed by atoms with Crippen LogP contribution in [0.4, 0.5) is 0 Å². The molecule has 2 aliphatic heterocycles. The molecule has 0 aromatic carbocycles. The van der Waals surface area contributed by atoms with Gasteiger partial charge in [-0.3, -0.25) is 0 Å². The van der Waals surface area contributed by atoms with Crippen LogP contribution in [0, 0.1) is 0 Å². The number of morpholine rings is 1. The van der Waals surface area contributed by atoms with Gasteiger partial charge in [0.15, 0.2) is 0 Å². The minimum absolute atomic E-state index is 0.893. The second-order valence-corrected chi connectivity index (χ2v) is 3.27. The van der Waals surface area contributed by atoms with Crippen molar-refractivity contribution >= 4 is 0 Å². The minimum Gasteiger partial charge on any atom is -0.379 e. The van der Waals surface area contributed by atoms with E-state index < -0.39 is 0 Å². The van der Waals surface area contributed by atoms with Gasteiger partial charge in [0, 0.05) is 39.3 Å². The lowest BCUT2D eigenvalue weighted by atomic mass is 10.4. The molecule has 0 atom stereocenters. The van der Waals surface area contributed by atoms with Crippen LogP contribution in [0.2, 0.25) is 0 Å². The summed E-state index contributed by atoms with van der Waals surface area (Å²) < 4.78 is 5.31. The van der Waals surface area contributed by atoms with E-state index in [2.05, 4.69) is 15.3 Å². The Labute approximate surface area is 73.4 Å². The van der Waals surface area contributed by atoms with Crippen molar-refractivity contribution in [3.8, 4) is 0 Å². The van der Waals surface area contributed by atoms with Gasteiger partial charge in [-0.15, -0.1) is 0 Å². The van der Waals surface area contributed by atoms with Crippen LogP contribution < -0.4 is 5.32 Å². The third-order valence-electron chi connectivity index (χ3n) is 2.48. The predicted octanol–water partition coefficient (Wildman–Crippen LogP) is -0.861. The Balaban J connectivity index is 1.80. The second kappa shape index (κ2) is 4.18.